The molecule has 5 atom stereocenters. The van der Waals surface area contributed by atoms with Crippen molar-refractivity contribution in [3.8, 4) is 0 Å². The van der Waals surface area contributed by atoms with Crippen LogP contribution in [0.1, 0.15) is 22.8 Å². The number of rotatable bonds is 4. The van der Waals surface area contributed by atoms with E-state index >= 15 is 0 Å². The van der Waals surface area contributed by atoms with Gasteiger partial charge in [-0.3, -0.25) is 0 Å². The number of fused-ring (bicyclic) bond motifs is 1. The topological polar surface area (TPSA) is 95.1 Å². The lowest BCUT2D eigenvalue weighted by molar-refractivity contribution is -0.231. The van der Waals surface area contributed by atoms with Gasteiger partial charge in [-0.25, -0.2) is 0 Å². The van der Waals surface area contributed by atoms with Crippen LogP contribution in [-0.4, -0.2) is 56.0 Å². The predicted octanol–water partition coefficient (Wildman–Crippen LogP) is 2.82. The SMILES string of the molecule is Cc1ccc(Cn2cc([C@@H]3O[C@H](CO)[C@@H](O)[C@H](O)[C@H]3O)c3c(Cl)ccc(Cl)c32)cc1. The predicted molar refractivity (Wildman–Crippen MR) is 115 cm³/mol. The van der Waals surface area contributed by atoms with Gasteiger partial charge in [0.15, 0.2) is 0 Å². The van der Waals surface area contributed by atoms with Crippen LogP contribution in [0.25, 0.3) is 10.9 Å². The Balaban J connectivity index is 1.84. The van der Waals surface area contributed by atoms with E-state index < -0.39 is 37.1 Å². The van der Waals surface area contributed by atoms with Gasteiger partial charge in [-0.15, -0.1) is 0 Å². The first kappa shape index (κ1) is 21.6. The smallest absolute Gasteiger partial charge is 0.114 e. The first-order valence-corrected chi connectivity index (χ1v) is 10.4. The third-order valence-electron chi connectivity index (χ3n) is 5.62. The largest absolute Gasteiger partial charge is 0.394 e. The van der Waals surface area contributed by atoms with Gasteiger partial charge in [-0.2, -0.15) is 0 Å². The Bertz CT molecular complexity index is 1050. The maximum atomic E-state index is 10.6. The molecule has 160 valence electrons. The lowest BCUT2D eigenvalue weighted by atomic mass is 9.91. The number of hydrogen-bond donors (Lipinski definition) is 4. The van der Waals surface area contributed by atoms with Crippen LogP contribution in [0.3, 0.4) is 0 Å². The molecule has 4 N–H and O–H groups in total. The van der Waals surface area contributed by atoms with Crippen LogP contribution in [0.2, 0.25) is 10.0 Å². The monoisotopic (exact) mass is 451 g/mol. The van der Waals surface area contributed by atoms with E-state index in [1.165, 1.54) is 0 Å². The van der Waals surface area contributed by atoms with Gasteiger partial charge in [-0.05, 0) is 24.6 Å². The Morgan fingerprint density at radius 1 is 0.933 bits per heavy atom. The Morgan fingerprint density at radius 2 is 1.60 bits per heavy atom. The minimum atomic E-state index is -1.48. The first-order valence-electron chi connectivity index (χ1n) is 9.64. The van der Waals surface area contributed by atoms with Crippen molar-refractivity contribution in [1.82, 2.24) is 4.57 Å². The lowest BCUT2D eigenvalue weighted by Crippen LogP contribution is -2.55. The number of aliphatic hydroxyl groups excluding tert-OH is 4. The molecule has 0 amide bonds. The maximum Gasteiger partial charge on any atom is 0.114 e. The third-order valence-corrected chi connectivity index (χ3v) is 6.24. The van der Waals surface area contributed by atoms with Crippen molar-refractivity contribution in [3.05, 3.63) is 69.3 Å². The van der Waals surface area contributed by atoms with Gasteiger partial charge in [0.25, 0.3) is 0 Å². The molecular weight excluding hydrogens is 429 g/mol. The zero-order valence-electron chi connectivity index (χ0n) is 16.2. The van der Waals surface area contributed by atoms with E-state index in [1.807, 2.05) is 35.8 Å². The maximum absolute atomic E-state index is 10.6. The summed E-state index contributed by atoms with van der Waals surface area (Å²) in [6.07, 6.45) is -4.54. The highest BCUT2D eigenvalue weighted by Crippen LogP contribution is 2.41. The molecule has 1 saturated heterocycles. The summed E-state index contributed by atoms with van der Waals surface area (Å²) >= 11 is 13.0. The summed E-state index contributed by atoms with van der Waals surface area (Å²) in [4.78, 5) is 0. The van der Waals surface area contributed by atoms with Crippen LogP contribution in [-0.2, 0) is 11.3 Å². The molecule has 0 aliphatic carbocycles. The number of nitrogens with zero attached hydrogens (tertiary/aromatic N) is 1. The second-order valence-corrected chi connectivity index (χ2v) is 8.51. The fourth-order valence-corrected chi connectivity index (χ4v) is 4.51. The van der Waals surface area contributed by atoms with Crippen LogP contribution in [0, 0.1) is 6.92 Å². The van der Waals surface area contributed by atoms with Gasteiger partial charge < -0.3 is 29.7 Å². The highest BCUT2D eigenvalue weighted by molar-refractivity contribution is 6.40. The zero-order valence-corrected chi connectivity index (χ0v) is 17.8. The van der Waals surface area contributed by atoms with Crippen molar-refractivity contribution in [2.45, 2.75) is 44.0 Å². The van der Waals surface area contributed by atoms with E-state index in [9.17, 15) is 20.4 Å². The van der Waals surface area contributed by atoms with E-state index in [-0.39, 0.29) is 0 Å². The average Bonchev–Trinajstić information content (AvgIpc) is 3.11. The van der Waals surface area contributed by atoms with Crippen LogP contribution < -0.4 is 0 Å². The molecule has 30 heavy (non-hydrogen) atoms. The highest BCUT2D eigenvalue weighted by Gasteiger charge is 2.45. The molecule has 1 aromatic heterocycles. The van der Waals surface area contributed by atoms with E-state index in [2.05, 4.69) is 0 Å². The minimum Gasteiger partial charge on any atom is -0.394 e. The van der Waals surface area contributed by atoms with Crippen molar-refractivity contribution in [2.24, 2.45) is 0 Å². The summed E-state index contributed by atoms with van der Waals surface area (Å²) in [5.41, 5.74) is 3.41. The second kappa shape index (κ2) is 8.48. The molecule has 0 unspecified atom stereocenters. The van der Waals surface area contributed by atoms with Crippen molar-refractivity contribution >= 4 is 34.1 Å². The van der Waals surface area contributed by atoms with Gasteiger partial charge in [0.2, 0.25) is 0 Å². The molecule has 1 aliphatic heterocycles. The first-order chi connectivity index (χ1) is 14.3. The Hall–Kier alpha value is -1.64. The molecule has 0 radical (unpaired) electrons. The molecule has 2 heterocycles. The molecule has 1 fully saturated rings. The van der Waals surface area contributed by atoms with Gasteiger partial charge in [0, 0.05) is 23.7 Å². The van der Waals surface area contributed by atoms with Gasteiger partial charge >= 0.3 is 0 Å². The molecule has 0 saturated carbocycles. The average molecular weight is 452 g/mol. The summed E-state index contributed by atoms with van der Waals surface area (Å²) < 4.78 is 7.70. The van der Waals surface area contributed by atoms with Crippen molar-refractivity contribution in [2.75, 3.05) is 6.61 Å². The number of hydrogen-bond acceptors (Lipinski definition) is 5. The number of aromatic nitrogens is 1. The van der Waals surface area contributed by atoms with Crippen molar-refractivity contribution in [1.29, 1.82) is 0 Å². The zero-order chi connectivity index (χ0) is 21.6. The fraction of sp³-hybridized carbons (Fsp3) is 0.364. The minimum absolute atomic E-state index is 0.420. The molecule has 0 bridgehead atoms. The van der Waals surface area contributed by atoms with Crippen molar-refractivity contribution < 1.29 is 25.2 Å². The normalized spacial score (nSPS) is 27.0. The molecule has 6 nitrogen and oxygen atoms in total. The van der Waals surface area contributed by atoms with Crippen molar-refractivity contribution in [3.63, 3.8) is 0 Å². The quantitative estimate of drug-likeness (QED) is 0.489. The lowest BCUT2D eigenvalue weighted by Gasteiger charge is -2.40. The number of aryl methyl sites for hydroxylation is 1. The summed E-state index contributed by atoms with van der Waals surface area (Å²) in [6.45, 7) is 2.02. The van der Waals surface area contributed by atoms with E-state index in [0.29, 0.717) is 33.1 Å². The van der Waals surface area contributed by atoms with E-state index in [1.54, 1.807) is 18.3 Å². The number of halogens is 2. The van der Waals surface area contributed by atoms with E-state index in [0.717, 1.165) is 11.1 Å². The molecule has 2 aromatic carbocycles. The highest BCUT2D eigenvalue weighted by atomic mass is 35.5. The molecule has 0 spiro atoms. The van der Waals surface area contributed by atoms with Crippen LogP contribution in [0.4, 0.5) is 0 Å². The molecular formula is C22H23Cl2NO5. The third kappa shape index (κ3) is 3.74. The fourth-order valence-electron chi connectivity index (χ4n) is 3.98. The molecule has 3 aromatic rings. The summed E-state index contributed by atoms with van der Waals surface area (Å²) in [5, 5.41) is 42.0. The standard InChI is InChI=1S/C22H23Cl2NO5/c1-11-2-4-12(5-3-11)8-25-9-13(17-14(23)6-7-15(24)18(17)25)22-21(29)20(28)19(27)16(10-26)30-22/h2-7,9,16,19-22,26-29H,8,10H2,1H3/t16-,19-,20+,21-,22+/m1/s1. The van der Waals surface area contributed by atoms with Crippen LogP contribution >= 0.6 is 23.2 Å². The Morgan fingerprint density at radius 3 is 2.27 bits per heavy atom. The number of ether oxygens (including phenoxy) is 1. The Kier molecular flexibility index (Phi) is 6.10. The summed E-state index contributed by atoms with van der Waals surface area (Å²) in [6, 6.07) is 11.5. The Labute approximate surface area is 183 Å². The van der Waals surface area contributed by atoms with Gasteiger partial charge in [0.05, 0.1) is 22.2 Å². The number of aliphatic hydroxyl groups is 4. The summed E-state index contributed by atoms with van der Waals surface area (Å²) in [7, 11) is 0. The van der Waals surface area contributed by atoms with Gasteiger partial charge in [-0.1, -0.05) is 53.0 Å². The van der Waals surface area contributed by atoms with E-state index in [4.69, 9.17) is 27.9 Å². The second-order valence-electron chi connectivity index (χ2n) is 7.70. The molecule has 4 rings (SSSR count). The van der Waals surface area contributed by atoms with Gasteiger partial charge in [0.1, 0.15) is 30.5 Å². The van der Waals surface area contributed by atoms with Crippen LogP contribution in [0.5, 0.6) is 0 Å². The molecule has 8 heteroatoms. The summed E-state index contributed by atoms with van der Waals surface area (Å²) in [5.74, 6) is 0. The van der Waals surface area contributed by atoms with Crippen LogP contribution in [0.15, 0.2) is 42.6 Å². The number of benzene rings is 2. The molecule has 1 aliphatic rings.